The fourth-order valence-corrected chi connectivity index (χ4v) is 2.62. The van der Waals surface area contributed by atoms with Crippen LogP contribution in [0.5, 0.6) is 0 Å². The van der Waals surface area contributed by atoms with Gasteiger partial charge in [0.05, 0.1) is 6.61 Å². The van der Waals surface area contributed by atoms with Crippen molar-refractivity contribution in [1.29, 1.82) is 0 Å². The molecule has 0 aromatic heterocycles. The molecule has 1 atom stereocenters. The molecule has 23 heavy (non-hydrogen) atoms. The van der Waals surface area contributed by atoms with Gasteiger partial charge in [-0.05, 0) is 13.0 Å². The van der Waals surface area contributed by atoms with E-state index in [1.165, 1.54) is 44.9 Å². The minimum atomic E-state index is -4.63. The maximum atomic E-state index is 10.9. The van der Waals surface area contributed by atoms with Gasteiger partial charge in [0.25, 0.3) is 0 Å². The molecule has 0 aromatic carbocycles. The first kappa shape index (κ1) is 22.5. The summed E-state index contributed by atoms with van der Waals surface area (Å²) in [6, 6.07) is -1.10. The molecular weight excluding hydrogens is 321 g/mol. The van der Waals surface area contributed by atoms with Crippen LogP contribution in [0.1, 0.15) is 71.1 Å². The predicted molar refractivity (Wildman–Crippen MR) is 89.3 cm³/mol. The number of unbranched alkanes of at least 4 members (excludes halogenated alkanes) is 9. The highest BCUT2D eigenvalue weighted by Crippen LogP contribution is 2.35. The van der Waals surface area contributed by atoms with Gasteiger partial charge >= 0.3 is 13.8 Å². The molecule has 0 aliphatic heterocycles. The molecule has 0 aliphatic carbocycles. The average molecular weight is 353 g/mol. The Balaban J connectivity index is 3.53. The van der Waals surface area contributed by atoms with Gasteiger partial charge in [0.15, 0.2) is 0 Å². The van der Waals surface area contributed by atoms with Crippen molar-refractivity contribution in [3.63, 3.8) is 0 Å². The lowest BCUT2D eigenvalue weighted by Gasteiger charge is -2.14. The van der Waals surface area contributed by atoms with Crippen molar-refractivity contribution in [2.45, 2.75) is 77.2 Å². The van der Waals surface area contributed by atoms with Gasteiger partial charge in [-0.25, -0.2) is 4.57 Å². The Bertz CT molecular complexity index is 347. The van der Waals surface area contributed by atoms with E-state index in [1.54, 1.807) is 0 Å². The van der Waals surface area contributed by atoms with Crippen molar-refractivity contribution in [2.75, 3.05) is 13.2 Å². The van der Waals surface area contributed by atoms with Crippen LogP contribution in [0.4, 0.5) is 0 Å². The summed E-state index contributed by atoms with van der Waals surface area (Å²) >= 11 is 0. The lowest BCUT2D eigenvalue weighted by atomic mass is 10.1. The van der Waals surface area contributed by atoms with E-state index in [1.807, 2.05) is 0 Å². The maximum Gasteiger partial charge on any atom is 0.469 e. The van der Waals surface area contributed by atoms with Crippen LogP contribution in [-0.2, 0) is 13.9 Å². The van der Waals surface area contributed by atoms with Crippen LogP contribution in [0.3, 0.4) is 0 Å². The summed E-state index contributed by atoms with van der Waals surface area (Å²) in [6.07, 6.45) is 12.0. The number of rotatable bonds is 16. The van der Waals surface area contributed by atoms with Crippen LogP contribution in [0.15, 0.2) is 0 Å². The molecule has 0 heterocycles. The lowest BCUT2D eigenvalue weighted by molar-refractivity contribution is -0.140. The fourth-order valence-electron chi connectivity index (χ4n) is 2.28. The highest BCUT2D eigenvalue weighted by atomic mass is 31.2. The van der Waals surface area contributed by atoms with Crippen molar-refractivity contribution in [3.05, 3.63) is 0 Å². The van der Waals surface area contributed by atoms with Crippen molar-refractivity contribution >= 4 is 13.8 Å². The predicted octanol–water partition coefficient (Wildman–Crippen LogP) is 3.06. The van der Waals surface area contributed by atoms with E-state index in [9.17, 15) is 9.36 Å². The molecule has 0 unspecified atom stereocenters. The Morgan fingerprint density at radius 1 is 1.00 bits per heavy atom. The average Bonchev–Trinajstić information content (AvgIpc) is 2.46. The van der Waals surface area contributed by atoms with Gasteiger partial charge in [0.2, 0.25) is 0 Å². The Morgan fingerprint density at radius 2 is 1.48 bits per heavy atom. The summed E-state index contributed by atoms with van der Waals surface area (Å²) in [6.45, 7) is 2.16. The molecule has 0 spiro atoms. The number of hydrogen-bond donors (Lipinski definition) is 4. The van der Waals surface area contributed by atoms with Crippen LogP contribution in [0.25, 0.3) is 0 Å². The molecule has 7 nitrogen and oxygen atoms in total. The highest BCUT2D eigenvalue weighted by molar-refractivity contribution is 7.46. The normalized spacial score (nSPS) is 13.2. The first-order valence-corrected chi connectivity index (χ1v) is 10.1. The number of carbonyl (C=O) groups is 1. The molecule has 0 amide bonds. The van der Waals surface area contributed by atoms with Gasteiger partial charge in [-0.3, -0.25) is 9.32 Å². The van der Waals surface area contributed by atoms with Crippen LogP contribution >= 0.6 is 7.82 Å². The zero-order chi connectivity index (χ0) is 17.6. The third kappa shape index (κ3) is 16.2. The number of nitrogens with one attached hydrogen (secondary N) is 1. The number of hydrogen-bond acceptors (Lipinski definition) is 4. The second-order valence-corrected chi connectivity index (χ2v) is 7.05. The zero-order valence-electron chi connectivity index (χ0n) is 14.1. The SMILES string of the molecule is CCCCCCCCCCCCN[C@@H](COP(=O)(O)O)C(=O)O. The molecule has 0 aromatic rings. The van der Waals surface area contributed by atoms with Crippen molar-refractivity contribution in [2.24, 2.45) is 0 Å². The van der Waals surface area contributed by atoms with E-state index < -0.39 is 26.4 Å². The van der Waals surface area contributed by atoms with Crippen molar-refractivity contribution in [1.82, 2.24) is 5.32 Å². The van der Waals surface area contributed by atoms with E-state index in [-0.39, 0.29) is 0 Å². The lowest BCUT2D eigenvalue weighted by Crippen LogP contribution is -2.40. The van der Waals surface area contributed by atoms with Gasteiger partial charge in [0.1, 0.15) is 6.04 Å². The topological polar surface area (TPSA) is 116 Å². The first-order valence-electron chi connectivity index (χ1n) is 8.53. The molecule has 0 saturated carbocycles. The number of carboxylic acid groups (broad SMARTS) is 1. The first-order chi connectivity index (χ1) is 10.9. The number of phosphoric ester groups is 1. The minimum Gasteiger partial charge on any atom is -0.480 e. The minimum absolute atomic E-state index is 0.498. The van der Waals surface area contributed by atoms with Crippen LogP contribution in [0, 0.1) is 0 Å². The zero-order valence-corrected chi connectivity index (χ0v) is 15.0. The third-order valence-corrected chi connectivity index (χ3v) is 4.11. The Kier molecular flexibility index (Phi) is 13.7. The monoisotopic (exact) mass is 353 g/mol. The van der Waals surface area contributed by atoms with Crippen molar-refractivity contribution < 1.29 is 28.8 Å². The molecule has 4 N–H and O–H groups in total. The number of phosphoric acid groups is 1. The molecule has 0 aliphatic rings. The summed E-state index contributed by atoms with van der Waals surface area (Å²) in [7, 11) is -4.63. The fraction of sp³-hybridized carbons (Fsp3) is 0.933. The summed E-state index contributed by atoms with van der Waals surface area (Å²) < 4.78 is 14.8. The van der Waals surface area contributed by atoms with Crippen LogP contribution in [-0.4, -0.2) is 40.1 Å². The Labute approximate surface area is 139 Å². The molecule has 0 rings (SSSR count). The molecular formula is C15H32NO6P. The van der Waals surface area contributed by atoms with Crippen LogP contribution in [0.2, 0.25) is 0 Å². The van der Waals surface area contributed by atoms with E-state index in [4.69, 9.17) is 14.9 Å². The smallest absolute Gasteiger partial charge is 0.469 e. The molecule has 0 saturated heterocycles. The second kappa shape index (κ2) is 13.9. The standard InChI is InChI=1S/C15H32NO6P/c1-2-3-4-5-6-7-8-9-10-11-12-16-14(15(17)18)13-22-23(19,20)21/h14,16H,2-13H2,1H3,(H,17,18)(H2,19,20,21)/t14-/m0/s1. The van der Waals surface area contributed by atoms with Crippen LogP contribution < -0.4 is 5.32 Å². The quantitative estimate of drug-likeness (QED) is 0.249. The van der Waals surface area contributed by atoms with Gasteiger partial charge in [-0.2, -0.15) is 0 Å². The highest BCUT2D eigenvalue weighted by Gasteiger charge is 2.22. The van der Waals surface area contributed by atoms with E-state index >= 15 is 0 Å². The number of carboxylic acids is 1. The Hall–Kier alpha value is -0.460. The summed E-state index contributed by atoms with van der Waals surface area (Å²) in [5, 5.41) is 11.7. The van der Waals surface area contributed by atoms with E-state index in [2.05, 4.69) is 16.8 Å². The van der Waals surface area contributed by atoms with Gasteiger partial charge in [-0.1, -0.05) is 64.7 Å². The number of aliphatic carboxylic acids is 1. The molecule has 0 fully saturated rings. The van der Waals surface area contributed by atoms with Gasteiger partial charge in [-0.15, -0.1) is 0 Å². The van der Waals surface area contributed by atoms with Crippen molar-refractivity contribution in [3.8, 4) is 0 Å². The van der Waals surface area contributed by atoms with E-state index in [0.717, 1.165) is 19.3 Å². The van der Waals surface area contributed by atoms with Gasteiger partial charge in [0, 0.05) is 0 Å². The summed E-state index contributed by atoms with van der Waals surface area (Å²) in [5.74, 6) is -1.18. The largest absolute Gasteiger partial charge is 0.480 e. The maximum absolute atomic E-state index is 10.9. The molecule has 8 heteroatoms. The second-order valence-electron chi connectivity index (χ2n) is 5.81. The molecule has 0 radical (unpaired) electrons. The molecule has 138 valence electrons. The van der Waals surface area contributed by atoms with Gasteiger partial charge < -0.3 is 20.2 Å². The summed E-state index contributed by atoms with van der Waals surface area (Å²) in [5.41, 5.74) is 0. The molecule has 0 bridgehead atoms. The summed E-state index contributed by atoms with van der Waals surface area (Å²) in [4.78, 5) is 28.1. The van der Waals surface area contributed by atoms with E-state index in [0.29, 0.717) is 6.54 Å². The third-order valence-electron chi connectivity index (χ3n) is 3.63. The Morgan fingerprint density at radius 3 is 1.91 bits per heavy atom.